The van der Waals surface area contributed by atoms with Crippen molar-refractivity contribution in [1.29, 1.82) is 0 Å². The van der Waals surface area contributed by atoms with Gasteiger partial charge in [-0.05, 0) is 36.0 Å². The number of hydrogen-bond donors (Lipinski definition) is 0. The van der Waals surface area contributed by atoms with E-state index < -0.39 is 0 Å². The van der Waals surface area contributed by atoms with Gasteiger partial charge in [0, 0.05) is 18.7 Å². The summed E-state index contributed by atoms with van der Waals surface area (Å²) in [5, 5.41) is 12.9. The van der Waals surface area contributed by atoms with Crippen LogP contribution in [-0.2, 0) is 13.1 Å². The summed E-state index contributed by atoms with van der Waals surface area (Å²) in [4.78, 5) is 4.12. The Morgan fingerprint density at radius 1 is 0.880 bits per heavy atom. The molecule has 0 saturated carbocycles. The lowest BCUT2D eigenvalue weighted by Gasteiger charge is -2.31. The van der Waals surface area contributed by atoms with Crippen LogP contribution in [0.1, 0.15) is 18.4 Å². The van der Waals surface area contributed by atoms with Gasteiger partial charge in [0.15, 0.2) is 0 Å². The van der Waals surface area contributed by atoms with E-state index in [1.807, 2.05) is 30.3 Å². The normalized spacial score (nSPS) is 16.2. The first-order valence-corrected chi connectivity index (χ1v) is 8.96. The molecule has 0 spiro atoms. The summed E-state index contributed by atoms with van der Waals surface area (Å²) in [6.07, 6.45) is 3.65. The third kappa shape index (κ3) is 4.12. The van der Waals surface area contributed by atoms with Crippen molar-refractivity contribution in [2.24, 2.45) is 5.92 Å². The van der Waals surface area contributed by atoms with E-state index in [0.717, 1.165) is 31.2 Å². The lowest BCUT2D eigenvalue weighted by atomic mass is 9.90. The van der Waals surface area contributed by atoms with Crippen LogP contribution in [-0.4, -0.2) is 38.2 Å². The van der Waals surface area contributed by atoms with Crippen molar-refractivity contribution in [3.63, 3.8) is 0 Å². The van der Waals surface area contributed by atoms with Crippen LogP contribution in [0.25, 0.3) is 11.4 Å². The van der Waals surface area contributed by atoms with Gasteiger partial charge in [0.2, 0.25) is 5.82 Å². The number of tetrazole rings is 1. The highest BCUT2D eigenvalue weighted by molar-refractivity contribution is 5.52. The lowest BCUT2D eigenvalue weighted by molar-refractivity contribution is 0.132. The second-order valence-electron chi connectivity index (χ2n) is 6.74. The monoisotopic (exact) mass is 333 g/mol. The second kappa shape index (κ2) is 7.57. The second-order valence-corrected chi connectivity index (χ2v) is 6.74. The van der Waals surface area contributed by atoms with Crippen molar-refractivity contribution in [2.75, 3.05) is 13.1 Å². The highest BCUT2D eigenvalue weighted by atomic mass is 15.6. The molecular formula is C20H23N5. The molecule has 2 heterocycles. The molecule has 25 heavy (non-hydrogen) atoms. The van der Waals surface area contributed by atoms with Gasteiger partial charge in [-0.3, -0.25) is 4.90 Å². The summed E-state index contributed by atoms with van der Waals surface area (Å²) in [7, 11) is 0. The minimum atomic E-state index is 0.694. The Balaban J connectivity index is 1.30. The summed E-state index contributed by atoms with van der Waals surface area (Å²) >= 11 is 0. The number of likely N-dealkylation sites (tertiary alicyclic amines) is 1. The zero-order chi connectivity index (χ0) is 16.9. The fraction of sp³-hybridized carbons (Fsp3) is 0.350. The number of nitrogens with zero attached hydrogens (tertiary/aromatic N) is 5. The zero-order valence-corrected chi connectivity index (χ0v) is 14.3. The molecule has 1 aromatic heterocycles. The molecule has 0 amide bonds. The van der Waals surface area contributed by atoms with Crippen molar-refractivity contribution in [3.05, 3.63) is 66.2 Å². The minimum absolute atomic E-state index is 0.694. The standard InChI is InChI=1S/C20H23N5/c1-3-7-17(8-4-1)15-18-11-13-24(14-12-18)16-25-22-20(21-23-25)19-9-5-2-6-10-19/h1-10,18H,11-16H2. The Labute approximate surface area is 148 Å². The van der Waals surface area contributed by atoms with E-state index in [4.69, 9.17) is 0 Å². The van der Waals surface area contributed by atoms with Crippen LogP contribution in [0, 0.1) is 5.92 Å². The van der Waals surface area contributed by atoms with E-state index in [0.29, 0.717) is 5.82 Å². The molecule has 0 atom stereocenters. The van der Waals surface area contributed by atoms with Gasteiger partial charge in [0.25, 0.3) is 0 Å². The first-order chi connectivity index (χ1) is 12.4. The lowest BCUT2D eigenvalue weighted by Crippen LogP contribution is -2.36. The van der Waals surface area contributed by atoms with Gasteiger partial charge in [-0.25, -0.2) is 0 Å². The average molecular weight is 333 g/mol. The molecule has 4 rings (SSSR count). The predicted octanol–water partition coefficient (Wildman–Crippen LogP) is 3.25. The molecule has 1 aliphatic rings. The summed E-state index contributed by atoms with van der Waals surface area (Å²) in [6.45, 7) is 2.91. The molecule has 0 unspecified atom stereocenters. The minimum Gasteiger partial charge on any atom is -0.283 e. The molecular weight excluding hydrogens is 310 g/mol. The van der Waals surface area contributed by atoms with Crippen molar-refractivity contribution >= 4 is 0 Å². The summed E-state index contributed by atoms with van der Waals surface area (Å²) < 4.78 is 0. The fourth-order valence-corrected chi connectivity index (χ4v) is 3.46. The van der Waals surface area contributed by atoms with Gasteiger partial charge in [0.05, 0.1) is 0 Å². The molecule has 1 saturated heterocycles. The molecule has 128 valence electrons. The van der Waals surface area contributed by atoms with Crippen molar-refractivity contribution in [2.45, 2.75) is 25.9 Å². The molecule has 2 aromatic carbocycles. The Hall–Kier alpha value is -2.53. The highest BCUT2D eigenvalue weighted by Crippen LogP contribution is 2.22. The SMILES string of the molecule is c1ccc(CC2CCN(Cn3nnc(-c4ccccc4)n3)CC2)cc1. The molecule has 5 nitrogen and oxygen atoms in total. The Kier molecular flexibility index (Phi) is 4.84. The van der Waals surface area contributed by atoms with Crippen LogP contribution in [0.2, 0.25) is 0 Å². The number of rotatable bonds is 5. The van der Waals surface area contributed by atoms with E-state index >= 15 is 0 Å². The van der Waals surface area contributed by atoms with Crippen LogP contribution in [0.4, 0.5) is 0 Å². The first-order valence-electron chi connectivity index (χ1n) is 8.96. The molecule has 5 heteroatoms. The van der Waals surface area contributed by atoms with Gasteiger partial charge in [-0.2, -0.15) is 0 Å². The maximum atomic E-state index is 4.51. The molecule has 1 aliphatic heterocycles. The van der Waals surface area contributed by atoms with Crippen molar-refractivity contribution in [3.8, 4) is 11.4 Å². The zero-order valence-electron chi connectivity index (χ0n) is 14.3. The number of hydrogen-bond acceptors (Lipinski definition) is 4. The fourth-order valence-electron chi connectivity index (χ4n) is 3.46. The summed E-state index contributed by atoms with van der Waals surface area (Å²) in [6, 6.07) is 20.8. The van der Waals surface area contributed by atoms with E-state index in [-0.39, 0.29) is 0 Å². The van der Waals surface area contributed by atoms with E-state index in [1.54, 1.807) is 4.80 Å². The third-order valence-corrected chi connectivity index (χ3v) is 4.89. The summed E-state index contributed by atoms with van der Waals surface area (Å²) in [5.74, 6) is 1.47. The average Bonchev–Trinajstić information content (AvgIpc) is 3.14. The van der Waals surface area contributed by atoms with E-state index in [2.05, 4.69) is 50.6 Å². The molecule has 0 bridgehead atoms. The Morgan fingerprint density at radius 2 is 1.56 bits per heavy atom. The Bertz CT molecular complexity index is 776. The molecule has 3 aromatic rings. The maximum absolute atomic E-state index is 4.51. The van der Waals surface area contributed by atoms with Crippen molar-refractivity contribution in [1.82, 2.24) is 25.1 Å². The topological polar surface area (TPSA) is 46.8 Å². The smallest absolute Gasteiger partial charge is 0.204 e. The van der Waals surface area contributed by atoms with Crippen LogP contribution < -0.4 is 0 Å². The van der Waals surface area contributed by atoms with Crippen LogP contribution >= 0.6 is 0 Å². The number of benzene rings is 2. The van der Waals surface area contributed by atoms with Gasteiger partial charge >= 0.3 is 0 Å². The van der Waals surface area contributed by atoms with Gasteiger partial charge in [-0.1, -0.05) is 60.7 Å². The van der Waals surface area contributed by atoms with Crippen LogP contribution in [0.15, 0.2) is 60.7 Å². The largest absolute Gasteiger partial charge is 0.283 e. The molecule has 0 aliphatic carbocycles. The van der Waals surface area contributed by atoms with Crippen LogP contribution in [0.5, 0.6) is 0 Å². The van der Waals surface area contributed by atoms with Crippen molar-refractivity contribution < 1.29 is 0 Å². The first kappa shape index (κ1) is 16.0. The molecule has 0 radical (unpaired) electrons. The van der Waals surface area contributed by atoms with Crippen LogP contribution in [0.3, 0.4) is 0 Å². The van der Waals surface area contributed by atoms with Gasteiger partial charge in [0.1, 0.15) is 6.67 Å². The molecule has 1 fully saturated rings. The van der Waals surface area contributed by atoms with Gasteiger partial charge < -0.3 is 0 Å². The number of piperidine rings is 1. The number of aromatic nitrogens is 4. The Morgan fingerprint density at radius 3 is 2.28 bits per heavy atom. The predicted molar refractivity (Wildman–Crippen MR) is 97.7 cm³/mol. The third-order valence-electron chi connectivity index (χ3n) is 4.89. The maximum Gasteiger partial charge on any atom is 0.204 e. The van der Waals surface area contributed by atoms with E-state index in [1.165, 1.54) is 24.8 Å². The van der Waals surface area contributed by atoms with Gasteiger partial charge in [-0.15, -0.1) is 15.0 Å². The highest BCUT2D eigenvalue weighted by Gasteiger charge is 2.20. The van der Waals surface area contributed by atoms with E-state index in [9.17, 15) is 0 Å². The molecule has 0 N–H and O–H groups in total. The quantitative estimate of drug-likeness (QED) is 0.719. The summed E-state index contributed by atoms with van der Waals surface area (Å²) in [5.41, 5.74) is 2.46.